The first-order chi connectivity index (χ1) is 8.10. The Kier molecular flexibility index (Phi) is 5.49. The molecule has 2 heteroatoms. The van der Waals surface area contributed by atoms with Gasteiger partial charge < -0.3 is 5.32 Å². The van der Waals surface area contributed by atoms with E-state index >= 15 is 0 Å². The smallest absolute Gasteiger partial charge is 0.0715 e. The van der Waals surface area contributed by atoms with E-state index in [1.54, 1.807) is 0 Å². The van der Waals surface area contributed by atoms with Gasteiger partial charge in [0.05, 0.1) is 6.04 Å². The molecule has 98 valence electrons. The lowest BCUT2D eigenvalue weighted by atomic mass is 9.91. The summed E-state index contributed by atoms with van der Waals surface area (Å²) in [6.07, 6.45) is 10.3. The van der Waals surface area contributed by atoms with Crippen LogP contribution in [0, 0.1) is 12.3 Å². The fourth-order valence-electron chi connectivity index (χ4n) is 2.67. The van der Waals surface area contributed by atoms with E-state index in [0.29, 0.717) is 12.1 Å². The molecule has 0 aromatic carbocycles. The Hall–Kier alpha value is -0.520. The van der Waals surface area contributed by atoms with Crippen LogP contribution >= 0.6 is 0 Å². The van der Waals surface area contributed by atoms with Crippen molar-refractivity contribution in [1.29, 1.82) is 0 Å². The van der Waals surface area contributed by atoms with E-state index in [0.717, 1.165) is 32.4 Å². The van der Waals surface area contributed by atoms with E-state index in [1.807, 2.05) is 0 Å². The first-order valence-corrected chi connectivity index (χ1v) is 7.07. The minimum atomic E-state index is 0.231. The molecule has 0 saturated carbocycles. The molecule has 1 rings (SSSR count). The summed E-state index contributed by atoms with van der Waals surface area (Å²) < 4.78 is 0. The Labute approximate surface area is 107 Å². The number of rotatable bonds is 5. The van der Waals surface area contributed by atoms with Gasteiger partial charge in [-0.1, -0.05) is 33.1 Å². The summed E-state index contributed by atoms with van der Waals surface area (Å²) in [5, 5.41) is 3.69. The molecule has 1 saturated heterocycles. The zero-order valence-electron chi connectivity index (χ0n) is 11.9. The number of hydrogen-bond acceptors (Lipinski definition) is 2. The van der Waals surface area contributed by atoms with Gasteiger partial charge in [-0.25, -0.2) is 0 Å². The van der Waals surface area contributed by atoms with Crippen LogP contribution in [0.1, 0.15) is 53.4 Å². The summed E-state index contributed by atoms with van der Waals surface area (Å²) in [4.78, 5) is 2.56. The third kappa shape index (κ3) is 3.47. The summed E-state index contributed by atoms with van der Waals surface area (Å²) in [6, 6.07) is 0.917. The van der Waals surface area contributed by atoms with Gasteiger partial charge in [-0.15, -0.1) is 6.42 Å². The van der Waals surface area contributed by atoms with Gasteiger partial charge in [0.1, 0.15) is 0 Å². The second-order valence-corrected chi connectivity index (χ2v) is 5.50. The fourth-order valence-corrected chi connectivity index (χ4v) is 2.67. The molecular formula is C15H28N2. The molecule has 3 unspecified atom stereocenters. The summed E-state index contributed by atoms with van der Waals surface area (Å²) in [5.41, 5.74) is 0.231. The molecule has 0 aromatic heterocycles. The molecule has 0 amide bonds. The Balaban J connectivity index is 2.79. The maximum Gasteiger partial charge on any atom is 0.0715 e. The summed E-state index contributed by atoms with van der Waals surface area (Å²) in [5.74, 6) is 3.00. The van der Waals surface area contributed by atoms with Gasteiger partial charge >= 0.3 is 0 Å². The molecule has 0 spiro atoms. The fraction of sp³-hybridized carbons (Fsp3) is 0.867. The third-order valence-electron chi connectivity index (χ3n) is 4.17. The number of nitrogens with zero attached hydrogens (tertiary/aromatic N) is 1. The molecule has 0 aliphatic carbocycles. The van der Waals surface area contributed by atoms with E-state index in [2.05, 4.69) is 43.8 Å². The van der Waals surface area contributed by atoms with Crippen molar-refractivity contribution < 1.29 is 0 Å². The summed E-state index contributed by atoms with van der Waals surface area (Å²) in [7, 11) is 0. The SMILES string of the molecule is C#CC(CCC)N1CC(C)(CC)NCC1CC. The molecule has 0 aromatic rings. The van der Waals surface area contributed by atoms with E-state index in [4.69, 9.17) is 6.42 Å². The highest BCUT2D eigenvalue weighted by Gasteiger charge is 2.36. The molecule has 0 radical (unpaired) electrons. The Morgan fingerprint density at radius 3 is 2.65 bits per heavy atom. The monoisotopic (exact) mass is 236 g/mol. The van der Waals surface area contributed by atoms with Gasteiger partial charge in [0.2, 0.25) is 0 Å². The topological polar surface area (TPSA) is 15.3 Å². The Morgan fingerprint density at radius 1 is 1.47 bits per heavy atom. The van der Waals surface area contributed by atoms with Gasteiger partial charge in [-0.2, -0.15) is 0 Å². The van der Waals surface area contributed by atoms with Gasteiger partial charge in [0.15, 0.2) is 0 Å². The van der Waals surface area contributed by atoms with Crippen LogP contribution in [0.4, 0.5) is 0 Å². The van der Waals surface area contributed by atoms with Crippen LogP contribution in [0.5, 0.6) is 0 Å². The quantitative estimate of drug-likeness (QED) is 0.738. The minimum absolute atomic E-state index is 0.231. The van der Waals surface area contributed by atoms with E-state index in [9.17, 15) is 0 Å². The summed E-state index contributed by atoms with van der Waals surface area (Å²) in [6.45, 7) is 11.2. The third-order valence-corrected chi connectivity index (χ3v) is 4.17. The highest BCUT2D eigenvalue weighted by atomic mass is 15.3. The average Bonchev–Trinajstić information content (AvgIpc) is 2.36. The van der Waals surface area contributed by atoms with Crippen LogP contribution in [-0.2, 0) is 0 Å². The standard InChI is InChI=1S/C15H28N2/c1-6-10-13(7-2)17-12-15(5,9-4)16-11-14(17)8-3/h2,13-14,16H,6,8-12H2,1,3-5H3. The van der Waals surface area contributed by atoms with Gasteiger partial charge in [0.25, 0.3) is 0 Å². The zero-order valence-corrected chi connectivity index (χ0v) is 11.9. The lowest BCUT2D eigenvalue weighted by molar-refractivity contribution is 0.0595. The highest BCUT2D eigenvalue weighted by molar-refractivity contribution is 5.05. The van der Waals surface area contributed by atoms with E-state index in [-0.39, 0.29) is 5.54 Å². The van der Waals surface area contributed by atoms with E-state index in [1.165, 1.54) is 6.42 Å². The van der Waals surface area contributed by atoms with Crippen molar-refractivity contribution in [3.63, 3.8) is 0 Å². The first-order valence-electron chi connectivity index (χ1n) is 7.07. The van der Waals surface area contributed by atoms with Crippen molar-refractivity contribution >= 4 is 0 Å². The van der Waals surface area contributed by atoms with Crippen molar-refractivity contribution in [3.8, 4) is 12.3 Å². The van der Waals surface area contributed by atoms with Gasteiger partial charge in [0, 0.05) is 24.7 Å². The van der Waals surface area contributed by atoms with Gasteiger partial charge in [-0.3, -0.25) is 4.90 Å². The molecule has 3 atom stereocenters. The van der Waals surface area contributed by atoms with Crippen LogP contribution < -0.4 is 5.32 Å². The summed E-state index contributed by atoms with van der Waals surface area (Å²) >= 11 is 0. The molecule has 1 fully saturated rings. The van der Waals surface area contributed by atoms with Crippen LogP contribution in [0.15, 0.2) is 0 Å². The van der Waals surface area contributed by atoms with E-state index < -0.39 is 0 Å². The maximum atomic E-state index is 5.72. The molecule has 1 heterocycles. The highest BCUT2D eigenvalue weighted by Crippen LogP contribution is 2.23. The lowest BCUT2D eigenvalue weighted by Crippen LogP contribution is -2.64. The van der Waals surface area contributed by atoms with Crippen LogP contribution in [0.2, 0.25) is 0 Å². The zero-order chi connectivity index (χ0) is 12.9. The van der Waals surface area contributed by atoms with Crippen LogP contribution in [0.3, 0.4) is 0 Å². The predicted molar refractivity (Wildman–Crippen MR) is 75.0 cm³/mol. The lowest BCUT2D eigenvalue weighted by Gasteiger charge is -2.48. The number of hydrogen-bond donors (Lipinski definition) is 1. The van der Waals surface area contributed by atoms with Crippen molar-refractivity contribution in [2.24, 2.45) is 0 Å². The predicted octanol–water partition coefficient (Wildman–Crippen LogP) is 2.64. The average molecular weight is 236 g/mol. The van der Waals surface area contributed by atoms with Crippen molar-refractivity contribution in [2.45, 2.75) is 71.0 Å². The molecule has 1 aliphatic heterocycles. The second-order valence-electron chi connectivity index (χ2n) is 5.50. The largest absolute Gasteiger partial charge is 0.309 e. The van der Waals surface area contributed by atoms with Crippen molar-refractivity contribution in [3.05, 3.63) is 0 Å². The first kappa shape index (κ1) is 14.5. The number of nitrogens with one attached hydrogen (secondary N) is 1. The minimum Gasteiger partial charge on any atom is -0.309 e. The van der Waals surface area contributed by atoms with Crippen LogP contribution in [0.25, 0.3) is 0 Å². The molecule has 2 nitrogen and oxygen atoms in total. The van der Waals surface area contributed by atoms with Gasteiger partial charge in [-0.05, 0) is 26.2 Å². The van der Waals surface area contributed by atoms with Crippen molar-refractivity contribution in [2.75, 3.05) is 13.1 Å². The Morgan fingerprint density at radius 2 is 2.18 bits per heavy atom. The molecule has 1 N–H and O–H groups in total. The second kappa shape index (κ2) is 6.42. The maximum absolute atomic E-state index is 5.72. The van der Waals surface area contributed by atoms with Crippen LogP contribution in [-0.4, -0.2) is 35.6 Å². The number of piperazine rings is 1. The molecule has 17 heavy (non-hydrogen) atoms. The Bertz CT molecular complexity index is 269. The number of terminal acetylenes is 1. The van der Waals surface area contributed by atoms with Crippen molar-refractivity contribution in [1.82, 2.24) is 10.2 Å². The molecule has 0 bridgehead atoms. The molecular weight excluding hydrogens is 208 g/mol. The molecule has 1 aliphatic rings. The normalized spacial score (nSPS) is 32.1.